The lowest BCUT2D eigenvalue weighted by atomic mass is 10.1. The second-order valence-corrected chi connectivity index (χ2v) is 6.56. The van der Waals surface area contributed by atoms with Gasteiger partial charge in [0.15, 0.2) is 0 Å². The van der Waals surface area contributed by atoms with E-state index in [0.29, 0.717) is 19.1 Å². The third-order valence-electron chi connectivity index (χ3n) is 4.59. The van der Waals surface area contributed by atoms with Crippen LogP contribution in [0.3, 0.4) is 0 Å². The van der Waals surface area contributed by atoms with Crippen LogP contribution in [0.5, 0.6) is 0 Å². The van der Waals surface area contributed by atoms with E-state index >= 15 is 0 Å². The van der Waals surface area contributed by atoms with Gasteiger partial charge >= 0.3 is 0 Å². The lowest BCUT2D eigenvalue weighted by molar-refractivity contribution is -0.123. The van der Waals surface area contributed by atoms with E-state index in [9.17, 15) is 4.79 Å². The summed E-state index contributed by atoms with van der Waals surface area (Å²) in [6, 6.07) is 10.8. The summed E-state index contributed by atoms with van der Waals surface area (Å²) < 4.78 is 0. The van der Waals surface area contributed by atoms with E-state index in [1.807, 2.05) is 6.07 Å². The molecule has 0 heterocycles. The molecule has 0 radical (unpaired) electrons. The Kier molecular flexibility index (Phi) is 8.12. The Morgan fingerprint density at radius 3 is 2.43 bits per heavy atom. The minimum atomic E-state index is 0.151. The van der Waals surface area contributed by atoms with Gasteiger partial charge in [0.05, 0.1) is 6.54 Å². The normalized spacial score (nSPS) is 16.3. The van der Waals surface area contributed by atoms with Gasteiger partial charge in [0.1, 0.15) is 0 Å². The van der Waals surface area contributed by atoms with E-state index in [4.69, 9.17) is 5.73 Å². The second kappa shape index (κ2) is 10.4. The van der Waals surface area contributed by atoms with Crippen molar-refractivity contribution >= 4 is 5.91 Å². The van der Waals surface area contributed by atoms with Crippen molar-refractivity contribution in [1.82, 2.24) is 10.2 Å². The summed E-state index contributed by atoms with van der Waals surface area (Å²) in [6.45, 7) is 2.69. The zero-order valence-electron chi connectivity index (χ0n) is 14.2. The van der Waals surface area contributed by atoms with Gasteiger partial charge in [0, 0.05) is 25.7 Å². The molecule has 4 nitrogen and oxygen atoms in total. The third-order valence-corrected chi connectivity index (χ3v) is 4.59. The fraction of sp³-hybridized carbons (Fsp3) is 0.632. The van der Waals surface area contributed by atoms with Crippen LogP contribution >= 0.6 is 0 Å². The Bertz CT molecular complexity index is 441. The van der Waals surface area contributed by atoms with Crippen LogP contribution in [-0.4, -0.2) is 43.0 Å². The Labute approximate surface area is 140 Å². The molecular weight excluding hydrogens is 286 g/mol. The quantitative estimate of drug-likeness (QED) is 0.724. The molecule has 3 N–H and O–H groups in total. The maximum atomic E-state index is 12.3. The van der Waals surface area contributed by atoms with Crippen molar-refractivity contribution in [3.8, 4) is 0 Å². The first-order valence-electron chi connectivity index (χ1n) is 9.03. The zero-order valence-corrected chi connectivity index (χ0v) is 14.2. The number of amides is 1. The highest BCUT2D eigenvalue weighted by Crippen LogP contribution is 2.17. The van der Waals surface area contributed by atoms with Gasteiger partial charge in [-0.15, -0.1) is 0 Å². The molecule has 0 unspecified atom stereocenters. The van der Waals surface area contributed by atoms with Gasteiger partial charge in [-0.2, -0.15) is 0 Å². The Morgan fingerprint density at radius 2 is 1.78 bits per heavy atom. The highest BCUT2D eigenvalue weighted by Gasteiger charge is 2.16. The fourth-order valence-corrected chi connectivity index (χ4v) is 3.28. The molecule has 0 spiro atoms. The van der Waals surface area contributed by atoms with Crippen molar-refractivity contribution in [2.45, 2.75) is 51.0 Å². The maximum absolute atomic E-state index is 12.3. The van der Waals surface area contributed by atoms with Crippen LogP contribution in [0.25, 0.3) is 0 Å². The molecule has 0 saturated heterocycles. The lowest BCUT2D eigenvalue weighted by Gasteiger charge is -2.23. The summed E-state index contributed by atoms with van der Waals surface area (Å²) in [5.41, 5.74) is 7.01. The Morgan fingerprint density at radius 1 is 1.09 bits per heavy atom. The smallest absolute Gasteiger partial charge is 0.234 e. The predicted molar refractivity (Wildman–Crippen MR) is 95.3 cm³/mol. The molecule has 1 amide bonds. The van der Waals surface area contributed by atoms with Crippen molar-refractivity contribution in [1.29, 1.82) is 0 Å². The molecule has 0 aliphatic heterocycles. The van der Waals surface area contributed by atoms with Crippen molar-refractivity contribution in [2.75, 3.05) is 26.2 Å². The molecule has 1 aromatic rings. The first-order valence-corrected chi connectivity index (χ1v) is 9.03. The lowest BCUT2D eigenvalue weighted by Crippen LogP contribution is -2.44. The molecule has 1 aliphatic rings. The minimum Gasteiger partial charge on any atom is -0.352 e. The summed E-state index contributed by atoms with van der Waals surface area (Å²) in [5, 5.41) is 3.22. The third kappa shape index (κ3) is 7.14. The number of hydrogen-bond donors (Lipinski definition) is 2. The van der Waals surface area contributed by atoms with Crippen LogP contribution in [0.2, 0.25) is 0 Å². The number of hydrogen-bond acceptors (Lipinski definition) is 3. The van der Waals surface area contributed by atoms with Crippen LogP contribution in [0.15, 0.2) is 30.3 Å². The van der Waals surface area contributed by atoms with Gasteiger partial charge in [-0.05, 0) is 24.8 Å². The molecule has 1 fully saturated rings. The Balaban J connectivity index is 1.76. The number of benzene rings is 1. The van der Waals surface area contributed by atoms with E-state index in [-0.39, 0.29) is 5.91 Å². The molecule has 23 heavy (non-hydrogen) atoms. The SMILES string of the molecule is NCCN(CCc1ccccc1)CC(=O)NC1CCCCCC1. The fourth-order valence-electron chi connectivity index (χ4n) is 3.28. The molecule has 4 heteroatoms. The molecule has 1 aromatic carbocycles. The van der Waals surface area contributed by atoms with Crippen LogP contribution in [0, 0.1) is 0 Å². The molecule has 0 aromatic heterocycles. The molecule has 0 bridgehead atoms. The van der Waals surface area contributed by atoms with E-state index in [1.54, 1.807) is 0 Å². The van der Waals surface area contributed by atoms with Gasteiger partial charge in [0.2, 0.25) is 5.91 Å². The van der Waals surface area contributed by atoms with Crippen molar-refractivity contribution in [3.63, 3.8) is 0 Å². The van der Waals surface area contributed by atoms with Gasteiger partial charge < -0.3 is 11.1 Å². The molecule has 1 aliphatic carbocycles. The topological polar surface area (TPSA) is 58.4 Å². The maximum Gasteiger partial charge on any atom is 0.234 e. The monoisotopic (exact) mass is 317 g/mol. The van der Waals surface area contributed by atoms with E-state index in [0.717, 1.165) is 32.4 Å². The predicted octanol–water partition coefficient (Wildman–Crippen LogP) is 2.33. The number of nitrogens with one attached hydrogen (secondary N) is 1. The molecule has 0 atom stereocenters. The Hall–Kier alpha value is -1.39. The number of rotatable bonds is 8. The second-order valence-electron chi connectivity index (χ2n) is 6.56. The van der Waals surface area contributed by atoms with Crippen molar-refractivity contribution in [3.05, 3.63) is 35.9 Å². The van der Waals surface area contributed by atoms with Crippen LogP contribution in [0.1, 0.15) is 44.1 Å². The van der Waals surface area contributed by atoms with Gasteiger partial charge in [-0.3, -0.25) is 9.69 Å². The standard InChI is InChI=1S/C19H31N3O/c20-13-15-22(14-12-17-8-4-3-5-9-17)16-19(23)21-18-10-6-1-2-7-11-18/h3-5,8-9,18H,1-2,6-7,10-16,20H2,(H,21,23). The van der Waals surface area contributed by atoms with Gasteiger partial charge in [-0.1, -0.05) is 56.0 Å². The van der Waals surface area contributed by atoms with E-state index < -0.39 is 0 Å². The van der Waals surface area contributed by atoms with Crippen molar-refractivity contribution in [2.24, 2.45) is 5.73 Å². The largest absolute Gasteiger partial charge is 0.352 e. The average Bonchev–Trinajstić information content (AvgIpc) is 2.82. The highest BCUT2D eigenvalue weighted by atomic mass is 16.2. The molecule has 128 valence electrons. The summed E-state index contributed by atoms with van der Waals surface area (Å²) in [4.78, 5) is 14.5. The van der Waals surface area contributed by atoms with Gasteiger partial charge in [-0.25, -0.2) is 0 Å². The minimum absolute atomic E-state index is 0.151. The van der Waals surface area contributed by atoms with Crippen LogP contribution in [-0.2, 0) is 11.2 Å². The number of nitrogens with two attached hydrogens (primary N) is 1. The van der Waals surface area contributed by atoms with Gasteiger partial charge in [0.25, 0.3) is 0 Å². The van der Waals surface area contributed by atoms with E-state index in [2.05, 4.69) is 34.5 Å². The molecule has 1 saturated carbocycles. The average molecular weight is 317 g/mol. The number of carbonyl (C=O) groups is 1. The highest BCUT2D eigenvalue weighted by molar-refractivity contribution is 5.78. The summed E-state index contributed by atoms with van der Waals surface area (Å²) in [5.74, 6) is 0.151. The van der Waals surface area contributed by atoms with Crippen LogP contribution < -0.4 is 11.1 Å². The van der Waals surface area contributed by atoms with E-state index in [1.165, 1.54) is 31.2 Å². The first-order chi connectivity index (χ1) is 11.3. The summed E-state index contributed by atoms with van der Waals surface area (Å²) >= 11 is 0. The summed E-state index contributed by atoms with van der Waals surface area (Å²) in [7, 11) is 0. The van der Waals surface area contributed by atoms with Crippen molar-refractivity contribution < 1.29 is 4.79 Å². The number of nitrogens with zero attached hydrogens (tertiary/aromatic N) is 1. The molecule has 2 rings (SSSR count). The summed E-state index contributed by atoms with van der Waals surface area (Å²) in [6.07, 6.45) is 8.32. The number of carbonyl (C=O) groups excluding carboxylic acids is 1. The van der Waals surface area contributed by atoms with Crippen LogP contribution in [0.4, 0.5) is 0 Å². The molecular formula is C19H31N3O. The first kappa shape index (κ1) is 18.0. The zero-order chi connectivity index (χ0) is 16.3.